The zero-order valence-electron chi connectivity index (χ0n) is 19.7. The number of hydrogen-bond donors (Lipinski definition) is 2. The minimum atomic E-state index is -1.11. The largest absolute Gasteiger partial charge is 0.497 e. The van der Waals surface area contributed by atoms with Gasteiger partial charge >= 0.3 is 5.97 Å². The van der Waals surface area contributed by atoms with Gasteiger partial charge in [0.05, 0.1) is 19.3 Å². The van der Waals surface area contributed by atoms with Gasteiger partial charge in [-0.2, -0.15) is 5.10 Å². The highest BCUT2D eigenvalue weighted by atomic mass is 16.5. The molecule has 0 aliphatic carbocycles. The number of rotatable bonds is 10. The number of aromatic nitrogens is 3. The molecule has 2 aromatic heterocycles. The molecule has 0 bridgehead atoms. The summed E-state index contributed by atoms with van der Waals surface area (Å²) in [6, 6.07) is 21.1. The Kier molecular flexibility index (Phi) is 7.87. The van der Waals surface area contributed by atoms with Gasteiger partial charge in [-0.05, 0) is 41.5 Å². The second kappa shape index (κ2) is 11.6. The van der Waals surface area contributed by atoms with E-state index < -0.39 is 17.9 Å². The zero-order valence-corrected chi connectivity index (χ0v) is 19.7. The fourth-order valence-electron chi connectivity index (χ4n) is 3.71. The summed E-state index contributed by atoms with van der Waals surface area (Å²) >= 11 is 0. The van der Waals surface area contributed by atoms with Crippen LogP contribution >= 0.6 is 0 Å². The van der Waals surface area contributed by atoms with E-state index in [1.807, 2.05) is 78.9 Å². The second-order valence-corrected chi connectivity index (χ2v) is 8.06. The predicted molar refractivity (Wildman–Crippen MR) is 137 cm³/mol. The van der Waals surface area contributed by atoms with Crippen LogP contribution in [0.5, 0.6) is 5.75 Å². The maximum atomic E-state index is 13.0. The summed E-state index contributed by atoms with van der Waals surface area (Å²) in [6.45, 7) is 0.406. The predicted octanol–water partition coefficient (Wildman–Crippen LogP) is 4.09. The lowest BCUT2D eigenvalue weighted by atomic mass is 10.1. The first-order valence-corrected chi connectivity index (χ1v) is 11.4. The summed E-state index contributed by atoms with van der Waals surface area (Å²) in [5, 5.41) is 16.8. The summed E-state index contributed by atoms with van der Waals surface area (Å²) in [5.41, 5.74) is 3.51. The third-order valence-electron chi connectivity index (χ3n) is 5.58. The van der Waals surface area contributed by atoms with Crippen LogP contribution in [0.4, 0.5) is 0 Å². The average molecular weight is 483 g/mol. The maximum absolute atomic E-state index is 13.0. The third kappa shape index (κ3) is 6.24. The van der Waals surface area contributed by atoms with Crippen LogP contribution in [0.1, 0.15) is 21.6 Å². The van der Waals surface area contributed by atoms with Crippen molar-refractivity contribution in [3.63, 3.8) is 0 Å². The molecule has 0 unspecified atom stereocenters. The molecule has 1 atom stereocenters. The first-order chi connectivity index (χ1) is 17.5. The molecule has 8 nitrogen and oxygen atoms in total. The molecule has 36 heavy (non-hydrogen) atoms. The Labute approximate surface area is 208 Å². The number of amides is 1. The number of pyridine rings is 1. The van der Waals surface area contributed by atoms with Crippen molar-refractivity contribution in [2.24, 2.45) is 0 Å². The lowest BCUT2D eigenvalue weighted by Gasteiger charge is -2.13. The summed E-state index contributed by atoms with van der Waals surface area (Å²) in [4.78, 5) is 28.9. The fraction of sp³-hybridized carbons (Fsp3) is 0.143. The number of ether oxygens (including phenoxy) is 1. The lowest BCUT2D eigenvalue weighted by Crippen LogP contribution is -2.42. The maximum Gasteiger partial charge on any atom is 0.326 e. The summed E-state index contributed by atoms with van der Waals surface area (Å²) in [5.74, 6) is -0.878. The van der Waals surface area contributed by atoms with Crippen LogP contribution in [0.25, 0.3) is 17.3 Å². The van der Waals surface area contributed by atoms with Crippen LogP contribution in [-0.4, -0.2) is 44.9 Å². The van der Waals surface area contributed by atoms with Gasteiger partial charge in [-0.3, -0.25) is 14.5 Å². The number of carbonyl (C=O) groups excluding carboxylic acids is 1. The third-order valence-corrected chi connectivity index (χ3v) is 5.58. The first-order valence-electron chi connectivity index (χ1n) is 11.4. The highest BCUT2D eigenvalue weighted by Crippen LogP contribution is 2.21. The standard InChI is InChI=1S/C28H26N4O4/c1-36-23-11-9-20(10-12-23)8-5-17-32-26(22-13-15-29-16-14-22)19-24(31-32)27(33)30-25(28(34)35)18-21-6-3-2-4-7-21/h2-16,19,25H,17-18H2,1H3,(H,30,33)(H,34,35)/b8-5+/t25-/m0/s1. The molecule has 0 aliphatic rings. The van der Waals surface area contributed by atoms with Crippen molar-refractivity contribution in [1.29, 1.82) is 0 Å². The van der Waals surface area contributed by atoms with Gasteiger partial charge in [0.2, 0.25) is 0 Å². The van der Waals surface area contributed by atoms with E-state index in [2.05, 4.69) is 15.4 Å². The van der Waals surface area contributed by atoms with E-state index in [4.69, 9.17) is 4.74 Å². The number of carboxylic acids is 1. The van der Waals surface area contributed by atoms with Gasteiger partial charge in [-0.1, -0.05) is 54.6 Å². The Balaban J connectivity index is 1.55. The Hall–Kier alpha value is -4.72. The molecular formula is C28H26N4O4. The van der Waals surface area contributed by atoms with Gasteiger partial charge in [0.1, 0.15) is 11.8 Å². The Morgan fingerprint density at radius 1 is 1.06 bits per heavy atom. The molecule has 2 N–H and O–H groups in total. The molecule has 182 valence electrons. The zero-order chi connectivity index (χ0) is 25.3. The smallest absolute Gasteiger partial charge is 0.326 e. The Bertz CT molecular complexity index is 1330. The molecule has 0 saturated heterocycles. The van der Waals surface area contributed by atoms with Crippen molar-refractivity contribution in [2.75, 3.05) is 7.11 Å². The highest BCUT2D eigenvalue weighted by molar-refractivity contribution is 5.96. The fourth-order valence-corrected chi connectivity index (χ4v) is 3.71. The molecule has 8 heteroatoms. The van der Waals surface area contributed by atoms with Crippen molar-refractivity contribution in [3.05, 3.63) is 108 Å². The molecule has 0 saturated carbocycles. The highest BCUT2D eigenvalue weighted by Gasteiger charge is 2.23. The van der Waals surface area contributed by atoms with Crippen molar-refractivity contribution in [2.45, 2.75) is 19.0 Å². The lowest BCUT2D eigenvalue weighted by molar-refractivity contribution is -0.139. The van der Waals surface area contributed by atoms with Crippen LogP contribution in [0.15, 0.2) is 91.3 Å². The van der Waals surface area contributed by atoms with Gasteiger partial charge in [0.25, 0.3) is 5.91 Å². The molecule has 1 amide bonds. The summed E-state index contributed by atoms with van der Waals surface area (Å²) < 4.78 is 6.90. The summed E-state index contributed by atoms with van der Waals surface area (Å²) in [6.07, 6.45) is 7.40. The molecule has 0 aliphatic heterocycles. The molecular weight excluding hydrogens is 456 g/mol. The molecule has 4 aromatic rings. The van der Waals surface area contributed by atoms with E-state index in [1.54, 1.807) is 30.3 Å². The number of carbonyl (C=O) groups is 2. The number of aliphatic carboxylic acids is 1. The van der Waals surface area contributed by atoms with Gasteiger partial charge in [-0.15, -0.1) is 0 Å². The van der Waals surface area contributed by atoms with Crippen molar-refractivity contribution in [3.8, 4) is 17.0 Å². The number of carboxylic acid groups (broad SMARTS) is 1. The van der Waals surface area contributed by atoms with Crippen molar-refractivity contribution in [1.82, 2.24) is 20.1 Å². The molecule has 2 aromatic carbocycles. The topological polar surface area (TPSA) is 106 Å². The van der Waals surface area contributed by atoms with E-state index in [-0.39, 0.29) is 12.1 Å². The van der Waals surface area contributed by atoms with Gasteiger partial charge in [0, 0.05) is 24.4 Å². The normalized spacial score (nSPS) is 11.8. The Morgan fingerprint density at radius 2 is 1.78 bits per heavy atom. The van der Waals surface area contributed by atoms with Gasteiger partial charge in [0.15, 0.2) is 5.69 Å². The van der Waals surface area contributed by atoms with Crippen molar-refractivity contribution < 1.29 is 19.4 Å². The molecule has 0 fully saturated rings. The Morgan fingerprint density at radius 3 is 2.44 bits per heavy atom. The average Bonchev–Trinajstić information content (AvgIpc) is 3.34. The number of allylic oxidation sites excluding steroid dienone is 1. The van der Waals surface area contributed by atoms with Crippen LogP contribution in [0.3, 0.4) is 0 Å². The minimum Gasteiger partial charge on any atom is -0.497 e. The first kappa shape index (κ1) is 24.4. The molecule has 4 rings (SSSR count). The number of nitrogens with one attached hydrogen (secondary N) is 1. The molecule has 0 radical (unpaired) electrons. The van der Waals surface area contributed by atoms with E-state index in [9.17, 15) is 14.7 Å². The van der Waals surface area contributed by atoms with Gasteiger partial charge in [-0.25, -0.2) is 4.79 Å². The number of hydrogen-bond acceptors (Lipinski definition) is 5. The SMILES string of the molecule is COc1ccc(/C=C/Cn2nc(C(=O)N[C@@H](Cc3ccccc3)C(=O)O)cc2-c2ccncc2)cc1. The van der Waals surface area contributed by atoms with Crippen LogP contribution < -0.4 is 10.1 Å². The monoisotopic (exact) mass is 482 g/mol. The van der Waals surface area contributed by atoms with Gasteiger partial charge < -0.3 is 15.2 Å². The number of methoxy groups -OCH3 is 1. The minimum absolute atomic E-state index is 0.138. The van der Waals surface area contributed by atoms with E-state index in [0.29, 0.717) is 6.54 Å². The quantitative estimate of drug-likeness (QED) is 0.353. The van der Waals surface area contributed by atoms with E-state index in [1.165, 1.54) is 0 Å². The van der Waals surface area contributed by atoms with E-state index >= 15 is 0 Å². The van der Waals surface area contributed by atoms with Crippen molar-refractivity contribution >= 4 is 18.0 Å². The van der Waals surface area contributed by atoms with Crippen LogP contribution in [0, 0.1) is 0 Å². The number of nitrogens with zero attached hydrogens (tertiary/aromatic N) is 3. The second-order valence-electron chi connectivity index (χ2n) is 8.06. The van der Waals surface area contributed by atoms with Crippen LogP contribution in [-0.2, 0) is 17.8 Å². The van der Waals surface area contributed by atoms with Crippen LogP contribution in [0.2, 0.25) is 0 Å². The van der Waals surface area contributed by atoms with E-state index in [0.717, 1.165) is 28.1 Å². The molecule has 0 spiro atoms. The molecule has 2 heterocycles. The number of benzene rings is 2. The summed E-state index contributed by atoms with van der Waals surface area (Å²) in [7, 11) is 1.62.